The summed E-state index contributed by atoms with van der Waals surface area (Å²) >= 11 is 0. The lowest BCUT2D eigenvalue weighted by molar-refractivity contribution is 0.355. The molecule has 3 aromatic rings. The normalized spacial score (nSPS) is 11.9. The summed E-state index contributed by atoms with van der Waals surface area (Å²) in [5.41, 5.74) is 2.75. The molecule has 0 spiro atoms. The van der Waals surface area contributed by atoms with E-state index in [4.69, 9.17) is 14.5 Å². The van der Waals surface area contributed by atoms with Crippen LogP contribution in [0.15, 0.2) is 42.5 Å². The van der Waals surface area contributed by atoms with Crippen LogP contribution in [0.1, 0.15) is 6.92 Å². The van der Waals surface area contributed by atoms with Gasteiger partial charge in [0, 0.05) is 24.2 Å². The first-order valence-electron chi connectivity index (χ1n) is 7.75. The molecule has 1 unspecified atom stereocenters. The van der Waals surface area contributed by atoms with E-state index in [2.05, 4.69) is 10.6 Å². The summed E-state index contributed by atoms with van der Waals surface area (Å²) in [6, 6.07) is 16.0. The van der Waals surface area contributed by atoms with Gasteiger partial charge in [-0.2, -0.15) is 5.26 Å². The largest absolute Gasteiger partial charge is 0.493 e. The number of rotatable bonds is 5. The zero-order valence-corrected chi connectivity index (χ0v) is 14.0. The van der Waals surface area contributed by atoms with Gasteiger partial charge in [-0.25, -0.2) is 4.98 Å². The standard InChI is InChI=1S/C19H19N3O2/c1-13(11-20)12-22-16-10-18(24-3)17(23-2)9-15(16)21-19(22)14-7-5-4-6-8-14/h4-10,13H,12H2,1-3H3. The molecule has 0 radical (unpaired) electrons. The Kier molecular flexibility index (Phi) is 4.39. The molecule has 122 valence electrons. The molecular weight excluding hydrogens is 302 g/mol. The van der Waals surface area contributed by atoms with Crippen LogP contribution in [0.4, 0.5) is 0 Å². The van der Waals surface area contributed by atoms with Crippen LogP contribution < -0.4 is 9.47 Å². The molecule has 0 saturated heterocycles. The van der Waals surface area contributed by atoms with Crippen LogP contribution in [0.5, 0.6) is 11.5 Å². The van der Waals surface area contributed by atoms with Crippen molar-refractivity contribution in [2.75, 3.05) is 14.2 Å². The van der Waals surface area contributed by atoms with Gasteiger partial charge in [0.15, 0.2) is 11.5 Å². The number of benzene rings is 2. The lowest BCUT2D eigenvalue weighted by Gasteiger charge is -2.12. The quantitative estimate of drug-likeness (QED) is 0.715. The molecule has 1 heterocycles. The number of ether oxygens (including phenoxy) is 2. The van der Waals surface area contributed by atoms with Gasteiger partial charge in [-0.05, 0) is 6.92 Å². The molecule has 0 aliphatic heterocycles. The maximum Gasteiger partial charge on any atom is 0.163 e. The van der Waals surface area contributed by atoms with Crippen LogP contribution in [-0.4, -0.2) is 23.8 Å². The van der Waals surface area contributed by atoms with Crippen molar-refractivity contribution < 1.29 is 9.47 Å². The maximum atomic E-state index is 9.22. The van der Waals surface area contributed by atoms with E-state index in [1.54, 1.807) is 14.2 Å². The van der Waals surface area contributed by atoms with E-state index in [0.717, 1.165) is 22.4 Å². The molecule has 1 atom stereocenters. The van der Waals surface area contributed by atoms with Gasteiger partial charge in [-0.15, -0.1) is 0 Å². The van der Waals surface area contributed by atoms with Crippen molar-refractivity contribution in [3.05, 3.63) is 42.5 Å². The second kappa shape index (κ2) is 6.63. The van der Waals surface area contributed by atoms with E-state index in [1.807, 2.05) is 49.4 Å². The zero-order valence-electron chi connectivity index (χ0n) is 14.0. The number of aromatic nitrogens is 2. The smallest absolute Gasteiger partial charge is 0.163 e. The van der Waals surface area contributed by atoms with Crippen molar-refractivity contribution >= 4 is 11.0 Å². The van der Waals surface area contributed by atoms with Gasteiger partial charge in [-0.3, -0.25) is 0 Å². The Balaban J connectivity index is 2.26. The van der Waals surface area contributed by atoms with Gasteiger partial charge >= 0.3 is 0 Å². The Morgan fingerprint density at radius 3 is 2.42 bits per heavy atom. The molecule has 0 fully saturated rings. The molecule has 0 N–H and O–H groups in total. The number of imidazole rings is 1. The zero-order chi connectivity index (χ0) is 17.1. The molecule has 3 rings (SSSR count). The van der Waals surface area contributed by atoms with Crippen LogP contribution in [-0.2, 0) is 6.54 Å². The lowest BCUT2D eigenvalue weighted by Crippen LogP contribution is -2.07. The van der Waals surface area contributed by atoms with Crippen LogP contribution in [0.2, 0.25) is 0 Å². The summed E-state index contributed by atoms with van der Waals surface area (Å²) in [4.78, 5) is 4.77. The number of fused-ring (bicyclic) bond motifs is 1. The Hall–Kier alpha value is -3.00. The molecule has 24 heavy (non-hydrogen) atoms. The Labute approximate surface area is 141 Å². The summed E-state index contributed by atoms with van der Waals surface area (Å²) < 4.78 is 12.9. The maximum absolute atomic E-state index is 9.22. The van der Waals surface area contributed by atoms with Crippen LogP contribution in [0.25, 0.3) is 22.4 Å². The van der Waals surface area contributed by atoms with Gasteiger partial charge in [0.1, 0.15) is 5.82 Å². The number of nitriles is 1. The van der Waals surface area contributed by atoms with Gasteiger partial charge < -0.3 is 14.0 Å². The highest BCUT2D eigenvalue weighted by molar-refractivity contribution is 5.84. The molecule has 0 amide bonds. The monoisotopic (exact) mass is 321 g/mol. The first kappa shape index (κ1) is 15.9. The van der Waals surface area contributed by atoms with Crippen molar-refractivity contribution in [2.45, 2.75) is 13.5 Å². The third kappa shape index (κ3) is 2.79. The van der Waals surface area contributed by atoms with Crippen molar-refractivity contribution in [1.29, 1.82) is 5.26 Å². The second-order valence-corrected chi connectivity index (χ2v) is 5.64. The summed E-state index contributed by atoms with van der Waals surface area (Å²) in [6.45, 7) is 2.47. The van der Waals surface area contributed by atoms with E-state index in [0.29, 0.717) is 18.0 Å². The van der Waals surface area contributed by atoms with Crippen LogP contribution in [0, 0.1) is 17.2 Å². The predicted molar refractivity (Wildman–Crippen MR) is 93.1 cm³/mol. The first-order chi connectivity index (χ1) is 11.7. The third-order valence-electron chi connectivity index (χ3n) is 3.96. The minimum Gasteiger partial charge on any atom is -0.493 e. The summed E-state index contributed by atoms with van der Waals surface area (Å²) in [7, 11) is 3.22. The topological polar surface area (TPSA) is 60.1 Å². The average molecular weight is 321 g/mol. The minimum absolute atomic E-state index is 0.127. The van der Waals surface area contributed by atoms with E-state index in [9.17, 15) is 5.26 Å². The van der Waals surface area contributed by atoms with Crippen LogP contribution >= 0.6 is 0 Å². The molecule has 0 aliphatic rings. The number of nitrogens with zero attached hydrogens (tertiary/aromatic N) is 3. The van der Waals surface area contributed by atoms with Crippen molar-refractivity contribution in [3.8, 4) is 29.0 Å². The highest BCUT2D eigenvalue weighted by Crippen LogP contribution is 2.34. The lowest BCUT2D eigenvalue weighted by atomic mass is 10.1. The van der Waals surface area contributed by atoms with E-state index in [1.165, 1.54) is 0 Å². The highest BCUT2D eigenvalue weighted by Gasteiger charge is 2.17. The molecule has 2 aromatic carbocycles. The minimum atomic E-state index is -0.127. The van der Waals surface area contributed by atoms with Gasteiger partial charge in [0.25, 0.3) is 0 Å². The summed E-state index contributed by atoms with van der Waals surface area (Å²) in [5, 5.41) is 9.22. The highest BCUT2D eigenvalue weighted by atomic mass is 16.5. The van der Waals surface area contributed by atoms with Gasteiger partial charge in [0.2, 0.25) is 0 Å². The Morgan fingerprint density at radius 2 is 1.79 bits per heavy atom. The first-order valence-corrected chi connectivity index (χ1v) is 7.75. The van der Waals surface area contributed by atoms with Crippen molar-refractivity contribution in [3.63, 3.8) is 0 Å². The molecule has 0 saturated carbocycles. The van der Waals surface area contributed by atoms with E-state index in [-0.39, 0.29) is 5.92 Å². The average Bonchev–Trinajstić information content (AvgIpc) is 2.98. The molecule has 0 bridgehead atoms. The SMILES string of the molecule is COc1cc2nc(-c3ccccc3)n(CC(C)C#N)c2cc1OC. The van der Waals surface area contributed by atoms with Crippen molar-refractivity contribution in [2.24, 2.45) is 5.92 Å². The second-order valence-electron chi connectivity index (χ2n) is 5.64. The van der Waals surface area contributed by atoms with E-state index < -0.39 is 0 Å². The van der Waals surface area contributed by atoms with Crippen LogP contribution in [0.3, 0.4) is 0 Å². The fraction of sp³-hybridized carbons (Fsp3) is 0.263. The number of hydrogen-bond acceptors (Lipinski definition) is 4. The predicted octanol–water partition coefficient (Wildman–Crippen LogP) is 3.88. The van der Waals surface area contributed by atoms with Gasteiger partial charge in [0.05, 0.1) is 37.2 Å². The third-order valence-corrected chi connectivity index (χ3v) is 3.96. The molecular formula is C19H19N3O2. The molecule has 1 aromatic heterocycles. The fourth-order valence-electron chi connectivity index (χ4n) is 2.76. The number of hydrogen-bond donors (Lipinski definition) is 0. The summed E-state index contributed by atoms with van der Waals surface area (Å²) in [6.07, 6.45) is 0. The number of methoxy groups -OCH3 is 2. The molecule has 5 nitrogen and oxygen atoms in total. The van der Waals surface area contributed by atoms with E-state index >= 15 is 0 Å². The van der Waals surface area contributed by atoms with Gasteiger partial charge in [-0.1, -0.05) is 30.3 Å². The fourth-order valence-corrected chi connectivity index (χ4v) is 2.76. The van der Waals surface area contributed by atoms with Crippen molar-refractivity contribution in [1.82, 2.24) is 9.55 Å². The Morgan fingerprint density at radius 1 is 1.12 bits per heavy atom. The molecule has 5 heteroatoms. The molecule has 0 aliphatic carbocycles. The summed E-state index contributed by atoms with van der Waals surface area (Å²) in [5.74, 6) is 2.00. The Bertz CT molecular complexity index is 894.